The van der Waals surface area contributed by atoms with Gasteiger partial charge >= 0.3 is 0 Å². The Morgan fingerprint density at radius 3 is 1.17 bits per heavy atom. The highest BCUT2D eigenvalue weighted by Crippen LogP contribution is 2.23. The zero-order chi connectivity index (χ0) is 23.9. The van der Waals surface area contributed by atoms with Gasteiger partial charge in [-0.05, 0) is 70.2 Å². The van der Waals surface area contributed by atoms with E-state index in [0.29, 0.717) is 0 Å². The van der Waals surface area contributed by atoms with E-state index in [1.165, 1.54) is 44.5 Å². The molecule has 0 aromatic heterocycles. The Hall–Kier alpha value is -3.47. The van der Waals surface area contributed by atoms with E-state index < -0.39 is 0 Å². The highest BCUT2D eigenvalue weighted by molar-refractivity contribution is 6.73. The van der Waals surface area contributed by atoms with E-state index in [1.54, 1.807) is 20.7 Å². The SMILES string of the molecule is c1ccc2c(c1)[SiH2]c1ccc(CCc3ccc(CCc4ccc5c(c4)-c4ccccc4[SiH2]5)cc3)cc1-2. The van der Waals surface area contributed by atoms with Crippen LogP contribution in [-0.2, 0) is 25.7 Å². The molecular formula is C34H30Si2. The molecule has 0 atom stereocenters. The number of rotatable bonds is 6. The molecule has 0 spiro atoms. The third-order valence-electron chi connectivity index (χ3n) is 8.15. The van der Waals surface area contributed by atoms with Crippen LogP contribution in [0.2, 0.25) is 0 Å². The Morgan fingerprint density at radius 1 is 0.333 bits per heavy atom. The third kappa shape index (κ3) is 4.11. The molecule has 36 heavy (non-hydrogen) atoms. The van der Waals surface area contributed by atoms with Gasteiger partial charge in [-0.25, -0.2) is 0 Å². The minimum Gasteiger partial charge on any atom is -0.0627 e. The van der Waals surface area contributed by atoms with Gasteiger partial charge in [-0.15, -0.1) is 0 Å². The Balaban J connectivity index is 0.985. The van der Waals surface area contributed by atoms with E-state index in [4.69, 9.17) is 0 Å². The summed E-state index contributed by atoms with van der Waals surface area (Å²) in [5.74, 6) is 0. The maximum absolute atomic E-state index is 2.46. The van der Waals surface area contributed by atoms with Crippen LogP contribution in [0.3, 0.4) is 0 Å². The van der Waals surface area contributed by atoms with Crippen molar-refractivity contribution in [3.63, 3.8) is 0 Å². The fourth-order valence-corrected chi connectivity index (χ4v) is 9.87. The van der Waals surface area contributed by atoms with Gasteiger partial charge in [0.2, 0.25) is 0 Å². The smallest absolute Gasteiger partial charge is 0.0627 e. The van der Waals surface area contributed by atoms with Crippen LogP contribution >= 0.6 is 0 Å². The van der Waals surface area contributed by atoms with Crippen LogP contribution in [0.25, 0.3) is 22.3 Å². The first kappa shape index (κ1) is 21.8. The molecule has 0 nitrogen and oxygen atoms in total. The molecule has 0 amide bonds. The summed E-state index contributed by atoms with van der Waals surface area (Å²) in [6.07, 6.45) is 4.42. The van der Waals surface area contributed by atoms with Crippen molar-refractivity contribution in [2.24, 2.45) is 0 Å². The minimum atomic E-state index is -0.284. The predicted octanol–water partition coefficient (Wildman–Crippen LogP) is 3.46. The van der Waals surface area contributed by atoms with Gasteiger partial charge in [0.1, 0.15) is 0 Å². The number of benzene rings is 5. The Morgan fingerprint density at radius 2 is 0.694 bits per heavy atom. The molecule has 0 saturated heterocycles. The van der Waals surface area contributed by atoms with Crippen LogP contribution in [0, 0.1) is 0 Å². The predicted molar refractivity (Wildman–Crippen MR) is 161 cm³/mol. The van der Waals surface area contributed by atoms with E-state index in [2.05, 4.69) is 109 Å². The highest BCUT2D eigenvalue weighted by Gasteiger charge is 2.19. The molecule has 0 bridgehead atoms. The van der Waals surface area contributed by atoms with Crippen molar-refractivity contribution >= 4 is 39.8 Å². The first-order valence-corrected chi connectivity index (χ1v) is 16.1. The molecule has 0 N–H and O–H groups in total. The van der Waals surface area contributed by atoms with Gasteiger partial charge in [0, 0.05) is 0 Å². The van der Waals surface area contributed by atoms with Crippen molar-refractivity contribution in [1.29, 1.82) is 0 Å². The number of hydrogen-bond acceptors (Lipinski definition) is 0. The molecule has 5 aromatic carbocycles. The average Bonchev–Trinajstić information content (AvgIpc) is 3.49. The monoisotopic (exact) mass is 494 g/mol. The molecule has 0 fully saturated rings. The highest BCUT2D eigenvalue weighted by atomic mass is 28.2. The van der Waals surface area contributed by atoms with Crippen LogP contribution in [-0.4, -0.2) is 19.0 Å². The molecule has 5 aromatic rings. The first-order valence-electron chi connectivity index (χ1n) is 13.3. The van der Waals surface area contributed by atoms with Crippen LogP contribution in [0.15, 0.2) is 109 Å². The lowest BCUT2D eigenvalue weighted by molar-refractivity contribution is 0.941. The molecule has 2 aliphatic heterocycles. The molecule has 0 unspecified atom stereocenters. The molecule has 0 radical (unpaired) electrons. The minimum absolute atomic E-state index is 0.284. The standard InChI is InChI=1S/C34H30Si2/c1-3-7-31-27(5-1)29-21-25(17-19-33(29)35-31)15-13-23-9-11-24(12-10-23)14-16-26-18-20-34-30(22-26)28-6-2-4-8-32(28)36-34/h1-12,17-22H,13-16,35-36H2. The van der Waals surface area contributed by atoms with Gasteiger partial charge in [-0.2, -0.15) is 0 Å². The summed E-state index contributed by atoms with van der Waals surface area (Å²) in [5, 5.41) is 6.43. The van der Waals surface area contributed by atoms with Gasteiger partial charge < -0.3 is 0 Å². The van der Waals surface area contributed by atoms with E-state index in [1.807, 2.05) is 0 Å². The summed E-state index contributed by atoms with van der Waals surface area (Å²) in [4.78, 5) is 0. The quantitative estimate of drug-likeness (QED) is 0.311. The van der Waals surface area contributed by atoms with Crippen molar-refractivity contribution < 1.29 is 0 Å². The van der Waals surface area contributed by atoms with Crippen LogP contribution in [0.1, 0.15) is 22.3 Å². The lowest BCUT2D eigenvalue weighted by Gasteiger charge is -2.08. The number of fused-ring (bicyclic) bond motifs is 6. The molecular weight excluding hydrogens is 465 g/mol. The Bertz CT molecular complexity index is 1460. The number of hydrogen-bond donors (Lipinski definition) is 0. The van der Waals surface area contributed by atoms with E-state index in [9.17, 15) is 0 Å². The number of aryl methyl sites for hydroxylation is 4. The van der Waals surface area contributed by atoms with E-state index >= 15 is 0 Å². The Kier molecular flexibility index (Phi) is 5.57. The summed E-state index contributed by atoms with van der Waals surface area (Å²) < 4.78 is 0. The zero-order valence-electron chi connectivity index (χ0n) is 20.6. The van der Waals surface area contributed by atoms with Crippen LogP contribution < -0.4 is 20.7 Å². The summed E-state index contributed by atoms with van der Waals surface area (Å²) in [5.41, 5.74) is 11.8. The van der Waals surface area contributed by atoms with Crippen molar-refractivity contribution in [1.82, 2.24) is 0 Å². The van der Waals surface area contributed by atoms with Crippen molar-refractivity contribution in [2.75, 3.05) is 0 Å². The largest absolute Gasteiger partial charge is 0.0891 e. The normalized spacial score (nSPS) is 14.0. The second-order valence-corrected chi connectivity index (χ2v) is 14.2. The summed E-state index contributed by atoms with van der Waals surface area (Å²) >= 11 is 0. The van der Waals surface area contributed by atoms with Crippen molar-refractivity contribution in [3.8, 4) is 22.3 Å². The molecule has 2 heteroatoms. The van der Waals surface area contributed by atoms with Crippen molar-refractivity contribution in [3.05, 3.63) is 131 Å². The van der Waals surface area contributed by atoms with E-state index in [0.717, 1.165) is 25.7 Å². The van der Waals surface area contributed by atoms with Crippen molar-refractivity contribution in [2.45, 2.75) is 25.7 Å². The topological polar surface area (TPSA) is 0 Å². The molecule has 2 aliphatic rings. The zero-order valence-corrected chi connectivity index (χ0v) is 23.5. The third-order valence-corrected chi connectivity index (χ3v) is 12.1. The maximum Gasteiger partial charge on any atom is 0.0891 e. The molecule has 0 aliphatic carbocycles. The lowest BCUT2D eigenvalue weighted by atomic mass is 9.97. The van der Waals surface area contributed by atoms with Crippen LogP contribution in [0.4, 0.5) is 0 Å². The molecule has 174 valence electrons. The second-order valence-electron chi connectivity index (χ2n) is 10.5. The summed E-state index contributed by atoms with van der Waals surface area (Å²) in [7, 11) is -0.568. The van der Waals surface area contributed by atoms with Crippen LogP contribution in [0.5, 0.6) is 0 Å². The van der Waals surface area contributed by atoms with Gasteiger partial charge in [-0.3, -0.25) is 0 Å². The van der Waals surface area contributed by atoms with E-state index in [-0.39, 0.29) is 19.0 Å². The summed E-state index contributed by atoms with van der Waals surface area (Å²) in [6, 6.07) is 41.8. The average molecular weight is 495 g/mol. The molecule has 0 saturated carbocycles. The van der Waals surface area contributed by atoms with Gasteiger partial charge in [0.05, 0.1) is 19.0 Å². The fraction of sp³-hybridized carbons (Fsp3) is 0.118. The lowest BCUT2D eigenvalue weighted by Crippen LogP contribution is -2.20. The molecule has 7 rings (SSSR count). The Labute approximate surface area is 218 Å². The van der Waals surface area contributed by atoms with Gasteiger partial charge in [-0.1, -0.05) is 130 Å². The van der Waals surface area contributed by atoms with Gasteiger partial charge in [0.25, 0.3) is 0 Å². The molecule has 2 heterocycles. The maximum atomic E-state index is 2.46. The van der Waals surface area contributed by atoms with Gasteiger partial charge in [0.15, 0.2) is 0 Å². The second kappa shape index (κ2) is 9.20. The first-order chi connectivity index (χ1) is 17.8. The fourth-order valence-electron chi connectivity index (χ4n) is 6.10. The summed E-state index contributed by atoms with van der Waals surface area (Å²) in [6.45, 7) is 0.